The lowest BCUT2D eigenvalue weighted by Crippen LogP contribution is -1.82. The van der Waals surface area contributed by atoms with Gasteiger partial charge in [-0.1, -0.05) is 11.1 Å². The Morgan fingerprint density at radius 1 is 1.71 bits per heavy atom. The molecule has 0 aliphatic rings. The van der Waals surface area contributed by atoms with E-state index in [0.717, 1.165) is 6.08 Å². The summed E-state index contributed by atoms with van der Waals surface area (Å²) < 4.78 is 8.50. The molecule has 2 N–H and O–H groups in total. The van der Waals surface area contributed by atoms with E-state index < -0.39 is 5.97 Å². The summed E-state index contributed by atoms with van der Waals surface area (Å²) in [4.78, 5) is 9.25. The molecule has 0 aromatic rings. The molecule has 0 bridgehead atoms. The second-order valence-electron chi connectivity index (χ2n) is 0.542. The molecule has 0 aliphatic heterocycles. The molecule has 0 atom stereocenters. The van der Waals surface area contributed by atoms with Crippen LogP contribution in [0.4, 0.5) is 4.53 Å². The predicted octanol–water partition coefficient (Wildman–Crippen LogP) is 0.120. The first-order valence-electron chi connectivity index (χ1n) is 1.29. The van der Waals surface area contributed by atoms with Gasteiger partial charge in [0.15, 0.2) is 0 Å². The van der Waals surface area contributed by atoms with Crippen LogP contribution in [0.15, 0.2) is 12.7 Å². The van der Waals surface area contributed by atoms with Crippen molar-refractivity contribution in [2.75, 3.05) is 0 Å². The van der Waals surface area contributed by atoms with Gasteiger partial charge in [0.25, 0.3) is 0 Å². The van der Waals surface area contributed by atoms with Gasteiger partial charge >= 0.3 is 5.97 Å². The maximum absolute atomic E-state index is 9.25. The van der Waals surface area contributed by atoms with Crippen LogP contribution in [0.2, 0.25) is 0 Å². The standard InChI is InChI=1S/C3H4O2.FHO/c1-2-3(4)5;1-2/h2H,1H2,(H,4,5);2H. The molecule has 0 spiro atoms. The van der Waals surface area contributed by atoms with E-state index in [-0.39, 0.29) is 0 Å². The maximum Gasteiger partial charge on any atom is 0.327 e. The third-order valence-electron chi connectivity index (χ3n) is 0.175. The molecule has 0 radical (unpaired) electrons. The van der Waals surface area contributed by atoms with Crippen LogP contribution in [-0.4, -0.2) is 16.4 Å². The lowest BCUT2D eigenvalue weighted by Gasteiger charge is -1.64. The lowest BCUT2D eigenvalue weighted by molar-refractivity contribution is -0.131. The number of hydrogen-bond acceptors (Lipinski definition) is 2. The quantitative estimate of drug-likeness (QED) is 0.469. The Morgan fingerprint density at radius 3 is 1.86 bits per heavy atom. The zero-order chi connectivity index (χ0) is 6.28. The smallest absolute Gasteiger partial charge is 0.327 e. The van der Waals surface area contributed by atoms with E-state index in [4.69, 9.17) is 14.9 Å². The zero-order valence-corrected chi connectivity index (χ0v) is 3.47. The van der Waals surface area contributed by atoms with Gasteiger partial charge in [0.05, 0.1) is 0 Å². The number of rotatable bonds is 1. The number of carboxylic acids is 1. The highest BCUT2D eigenvalue weighted by Crippen LogP contribution is 1.54. The van der Waals surface area contributed by atoms with Gasteiger partial charge in [-0.15, -0.1) is 0 Å². The number of carboxylic acid groups (broad SMARTS) is 1. The molecule has 3 nitrogen and oxygen atoms in total. The summed E-state index contributed by atoms with van der Waals surface area (Å²) in [5.41, 5.74) is 0. The monoisotopic (exact) mass is 108 g/mol. The fraction of sp³-hybridized carbons (Fsp3) is 0. The second kappa shape index (κ2) is 8.92. The molecule has 0 amide bonds. The van der Waals surface area contributed by atoms with E-state index in [2.05, 4.69) is 6.58 Å². The summed E-state index contributed by atoms with van der Waals surface area (Å²) in [6, 6.07) is 0. The van der Waals surface area contributed by atoms with Crippen LogP contribution in [0.3, 0.4) is 0 Å². The van der Waals surface area contributed by atoms with E-state index in [1.54, 1.807) is 0 Å². The molecule has 0 heterocycles. The maximum atomic E-state index is 9.25. The molecule has 0 unspecified atom stereocenters. The fourth-order valence-electron chi connectivity index (χ4n) is 0. The summed E-state index contributed by atoms with van der Waals surface area (Å²) in [7, 11) is 0. The average molecular weight is 108 g/mol. The fourth-order valence-corrected chi connectivity index (χ4v) is 0. The molecule has 0 aromatic heterocycles. The zero-order valence-electron chi connectivity index (χ0n) is 3.47. The number of hydrogen-bond donors (Lipinski definition) is 2. The Morgan fingerprint density at radius 2 is 1.86 bits per heavy atom. The van der Waals surface area contributed by atoms with Gasteiger partial charge < -0.3 is 5.11 Å². The highest BCUT2D eigenvalue weighted by molar-refractivity contribution is 5.78. The molecular formula is C3H5FO3. The van der Waals surface area contributed by atoms with Gasteiger partial charge in [-0.3, -0.25) is 0 Å². The van der Waals surface area contributed by atoms with Crippen LogP contribution < -0.4 is 0 Å². The van der Waals surface area contributed by atoms with E-state index in [1.165, 1.54) is 0 Å². The van der Waals surface area contributed by atoms with E-state index in [9.17, 15) is 4.79 Å². The number of halogens is 1. The molecule has 0 saturated heterocycles. The molecular weight excluding hydrogens is 103 g/mol. The number of carbonyl (C=O) groups is 1. The average Bonchev–Trinajstić information content (AvgIpc) is 1.73. The van der Waals surface area contributed by atoms with Crippen LogP contribution in [-0.2, 0) is 4.79 Å². The molecule has 4 heteroatoms. The van der Waals surface area contributed by atoms with Crippen molar-refractivity contribution in [1.29, 1.82) is 0 Å². The van der Waals surface area contributed by atoms with Gasteiger partial charge in [0.1, 0.15) is 0 Å². The van der Waals surface area contributed by atoms with Crippen molar-refractivity contribution in [3.8, 4) is 0 Å². The Balaban J connectivity index is 0. The van der Waals surface area contributed by atoms with Crippen LogP contribution in [0.1, 0.15) is 0 Å². The Kier molecular flexibility index (Phi) is 12.0. The van der Waals surface area contributed by atoms with Gasteiger partial charge in [0.2, 0.25) is 0 Å². The molecule has 7 heavy (non-hydrogen) atoms. The first kappa shape index (κ1) is 9.44. The minimum absolute atomic E-state index is 0.833. The summed E-state index contributed by atoms with van der Waals surface area (Å²) in [5.74, 6) is -0.981. The summed E-state index contributed by atoms with van der Waals surface area (Å²) in [6.07, 6.45) is 0.833. The van der Waals surface area contributed by atoms with E-state index in [0.29, 0.717) is 0 Å². The largest absolute Gasteiger partial charge is 0.478 e. The van der Waals surface area contributed by atoms with Crippen molar-refractivity contribution in [1.82, 2.24) is 0 Å². The van der Waals surface area contributed by atoms with Crippen molar-refractivity contribution in [3.63, 3.8) is 0 Å². The van der Waals surface area contributed by atoms with Gasteiger partial charge in [-0.25, -0.2) is 10.1 Å². The topological polar surface area (TPSA) is 57.5 Å². The van der Waals surface area contributed by atoms with E-state index in [1.807, 2.05) is 0 Å². The third kappa shape index (κ3) is 40.5. The van der Waals surface area contributed by atoms with Crippen molar-refractivity contribution < 1.29 is 19.7 Å². The first-order valence-corrected chi connectivity index (χ1v) is 1.29. The lowest BCUT2D eigenvalue weighted by atomic mass is 10.7. The molecule has 0 rings (SSSR count). The van der Waals surface area contributed by atoms with Crippen LogP contribution in [0, 0.1) is 0 Å². The molecule has 42 valence electrons. The summed E-state index contributed by atoms with van der Waals surface area (Å²) in [6.45, 7) is 2.96. The van der Waals surface area contributed by atoms with Crippen molar-refractivity contribution in [2.45, 2.75) is 0 Å². The van der Waals surface area contributed by atoms with E-state index >= 15 is 0 Å². The van der Waals surface area contributed by atoms with Crippen LogP contribution in [0.5, 0.6) is 0 Å². The molecule has 0 saturated carbocycles. The summed E-state index contributed by atoms with van der Waals surface area (Å²) in [5, 5.41) is 13.1. The van der Waals surface area contributed by atoms with Gasteiger partial charge in [-0.05, 0) is 0 Å². The third-order valence-corrected chi connectivity index (χ3v) is 0.175. The summed E-state index contributed by atoms with van der Waals surface area (Å²) >= 11 is 0. The molecule has 0 aromatic carbocycles. The minimum atomic E-state index is -0.981. The van der Waals surface area contributed by atoms with Crippen LogP contribution >= 0.6 is 0 Å². The first-order chi connectivity index (χ1) is 3.27. The van der Waals surface area contributed by atoms with Crippen molar-refractivity contribution >= 4 is 5.97 Å². The minimum Gasteiger partial charge on any atom is -0.478 e. The number of aliphatic carboxylic acids is 1. The Bertz CT molecular complexity index is 61.2. The second-order valence-corrected chi connectivity index (χ2v) is 0.542. The van der Waals surface area contributed by atoms with Crippen molar-refractivity contribution in [2.24, 2.45) is 0 Å². The molecule has 0 fully saturated rings. The van der Waals surface area contributed by atoms with Crippen molar-refractivity contribution in [3.05, 3.63) is 12.7 Å². The normalized spacial score (nSPS) is 5.43. The molecule has 0 aliphatic carbocycles. The van der Waals surface area contributed by atoms with Gasteiger partial charge in [-0.2, -0.15) is 0 Å². The van der Waals surface area contributed by atoms with Crippen LogP contribution in [0.25, 0.3) is 0 Å². The Labute approximate surface area is 39.6 Å². The van der Waals surface area contributed by atoms with Gasteiger partial charge in [0, 0.05) is 6.08 Å². The highest BCUT2D eigenvalue weighted by Gasteiger charge is 1.73. The Hall–Kier alpha value is -0.900. The predicted molar refractivity (Wildman–Crippen MR) is 21.2 cm³/mol. The SMILES string of the molecule is C=CC(=O)O.OF. The highest BCUT2D eigenvalue weighted by atomic mass is 19.3.